The van der Waals surface area contributed by atoms with Gasteiger partial charge in [0.2, 0.25) is 17.6 Å². The molecule has 1 aromatic heterocycles. The fourth-order valence-electron chi connectivity index (χ4n) is 4.25. The van der Waals surface area contributed by atoms with Gasteiger partial charge in [-0.15, -0.1) is 0 Å². The first-order chi connectivity index (χ1) is 15.5. The van der Waals surface area contributed by atoms with Gasteiger partial charge in [0, 0.05) is 31.6 Å². The molecule has 2 aromatic rings. The van der Waals surface area contributed by atoms with E-state index in [1.165, 1.54) is 12.5 Å². The number of anilines is 1. The minimum absolute atomic E-state index is 0.0327. The number of aromatic nitrogens is 1. The summed E-state index contributed by atoms with van der Waals surface area (Å²) in [5, 5.41) is 12.0. The van der Waals surface area contributed by atoms with Crippen LogP contribution in [0.25, 0.3) is 0 Å². The van der Waals surface area contributed by atoms with Crippen molar-refractivity contribution in [2.45, 2.75) is 44.2 Å². The Morgan fingerprint density at radius 1 is 1.16 bits per heavy atom. The van der Waals surface area contributed by atoms with Crippen molar-refractivity contribution < 1.29 is 19.8 Å². The van der Waals surface area contributed by atoms with Gasteiger partial charge in [-0.25, -0.2) is 4.98 Å². The van der Waals surface area contributed by atoms with Crippen molar-refractivity contribution in [3.8, 4) is 0 Å². The minimum Gasteiger partial charge on any atom is -0.360 e. The van der Waals surface area contributed by atoms with Gasteiger partial charge in [-0.05, 0) is 37.0 Å². The van der Waals surface area contributed by atoms with E-state index in [2.05, 4.69) is 27.8 Å². The van der Waals surface area contributed by atoms with E-state index in [0.29, 0.717) is 30.3 Å². The van der Waals surface area contributed by atoms with Crippen LogP contribution in [0.5, 0.6) is 0 Å². The number of rotatable bonds is 8. The summed E-state index contributed by atoms with van der Waals surface area (Å²) >= 11 is 0. The molecule has 8 heteroatoms. The highest BCUT2D eigenvalue weighted by Gasteiger charge is 2.42. The highest BCUT2D eigenvalue weighted by molar-refractivity contribution is 6.43. The molecule has 8 nitrogen and oxygen atoms in total. The Hall–Kier alpha value is -3.55. The molecule has 1 saturated heterocycles. The predicted octanol–water partition coefficient (Wildman–Crippen LogP) is 0.294. The molecule has 166 valence electrons. The number of hydrogen-bond acceptors (Lipinski definition) is 5. The van der Waals surface area contributed by atoms with Crippen LogP contribution in [0, 0.1) is 0 Å². The number of amides is 2. The summed E-state index contributed by atoms with van der Waals surface area (Å²) in [6.45, 7) is 1.89. The monoisotopic (exact) mass is 434 g/mol. The fraction of sp³-hybridized carbons (Fsp3) is 0.375. The number of benzene rings is 1. The van der Waals surface area contributed by atoms with Crippen LogP contribution in [0.2, 0.25) is 0 Å². The number of carbonyl (C=O) groups excluding carboxylic acids is 3. The Labute approximate surface area is 186 Å². The molecule has 1 aliphatic heterocycles. The van der Waals surface area contributed by atoms with Gasteiger partial charge in [-0.3, -0.25) is 19.8 Å². The third kappa shape index (κ3) is 4.69. The first kappa shape index (κ1) is 21.7. The van der Waals surface area contributed by atoms with E-state index in [9.17, 15) is 14.4 Å². The van der Waals surface area contributed by atoms with Crippen LogP contribution < -0.4 is 16.0 Å². The summed E-state index contributed by atoms with van der Waals surface area (Å²) in [4.78, 5) is 43.2. The SMILES string of the molecule is CC(=O)C(=[NH2+])c1cccnc1NCC(=O)N1CCC[C@H]1C(=O)NC1C[C@H]1c1ccccc1. The van der Waals surface area contributed by atoms with E-state index in [0.717, 1.165) is 12.8 Å². The first-order valence-electron chi connectivity index (χ1n) is 10.9. The summed E-state index contributed by atoms with van der Waals surface area (Å²) in [6, 6.07) is 13.2. The Bertz CT molecular complexity index is 1040. The molecule has 0 spiro atoms. The highest BCUT2D eigenvalue weighted by Crippen LogP contribution is 2.40. The second kappa shape index (κ2) is 9.30. The van der Waals surface area contributed by atoms with Gasteiger partial charge < -0.3 is 15.5 Å². The number of Topliss-reactive ketones (excluding diaryl/α,β-unsaturated/α-hetero) is 1. The first-order valence-corrected chi connectivity index (χ1v) is 10.9. The van der Waals surface area contributed by atoms with Crippen molar-refractivity contribution in [1.82, 2.24) is 15.2 Å². The molecule has 2 aliphatic rings. The van der Waals surface area contributed by atoms with Crippen molar-refractivity contribution in [2.24, 2.45) is 0 Å². The molecule has 1 aromatic carbocycles. The zero-order valence-electron chi connectivity index (χ0n) is 18.1. The van der Waals surface area contributed by atoms with Gasteiger partial charge in [0.25, 0.3) is 5.71 Å². The number of nitrogens with one attached hydrogen (secondary N) is 2. The number of likely N-dealkylation sites (tertiary alicyclic amines) is 1. The molecule has 2 fully saturated rings. The van der Waals surface area contributed by atoms with Crippen LogP contribution in [-0.4, -0.2) is 58.4 Å². The van der Waals surface area contributed by atoms with Crippen molar-refractivity contribution in [3.63, 3.8) is 0 Å². The lowest BCUT2D eigenvalue weighted by atomic mass is 10.1. The zero-order chi connectivity index (χ0) is 22.7. The molecule has 3 atom stereocenters. The summed E-state index contributed by atoms with van der Waals surface area (Å²) < 4.78 is 0. The molecule has 4 rings (SSSR count). The number of pyridine rings is 1. The maximum atomic E-state index is 12.9. The molecule has 2 amide bonds. The molecule has 4 N–H and O–H groups in total. The standard InChI is InChI=1S/C24H27N5O3/c1-15(30)22(25)17-9-5-11-26-23(17)27-14-21(31)29-12-6-10-20(29)24(32)28-19-13-18(19)16-7-3-2-4-8-16/h2-5,7-9,11,18-20,25H,6,10,12-14H2,1H3,(H,26,27)(H,28,32)/p+1/t18-,19?,20-/m0/s1. The largest absolute Gasteiger partial charge is 0.360 e. The van der Waals surface area contributed by atoms with Crippen molar-refractivity contribution in [2.75, 3.05) is 18.4 Å². The third-order valence-electron chi connectivity index (χ3n) is 6.11. The van der Waals surface area contributed by atoms with Crippen molar-refractivity contribution in [1.29, 1.82) is 0 Å². The van der Waals surface area contributed by atoms with E-state index < -0.39 is 6.04 Å². The summed E-state index contributed by atoms with van der Waals surface area (Å²) in [6.07, 6.45) is 3.93. The van der Waals surface area contributed by atoms with E-state index >= 15 is 0 Å². The van der Waals surface area contributed by atoms with Crippen LogP contribution in [0.15, 0.2) is 48.7 Å². The topological polar surface area (TPSA) is 117 Å². The maximum absolute atomic E-state index is 12.9. The second-order valence-corrected chi connectivity index (χ2v) is 8.34. The average Bonchev–Trinajstić information content (AvgIpc) is 3.39. The van der Waals surface area contributed by atoms with Crippen LogP contribution in [0.4, 0.5) is 5.82 Å². The third-order valence-corrected chi connectivity index (χ3v) is 6.11. The maximum Gasteiger partial charge on any atom is 0.250 e. The Balaban J connectivity index is 1.34. The number of nitrogens with two attached hydrogens (primary N) is 1. The number of carbonyl (C=O) groups is 3. The summed E-state index contributed by atoms with van der Waals surface area (Å²) in [5.74, 6) is 0.177. The van der Waals surface area contributed by atoms with E-state index in [1.54, 1.807) is 23.2 Å². The number of hydrogen-bond donors (Lipinski definition) is 3. The quantitative estimate of drug-likeness (QED) is 0.517. The average molecular weight is 435 g/mol. The molecule has 0 radical (unpaired) electrons. The van der Waals surface area contributed by atoms with Gasteiger partial charge in [0.1, 0.15) is 11.9 Å². The summed E-state index contributed by atoms with van der Waals surface area (Å²) in [5.41, 5.74) is 1.78. The highest BCUT2D eigenvalue weighted by atomic mass is 16.2. The van der Waals surface area contributed by atoms with Gasteiger partial charge in [0.05, 0.1) is 12.1 Å². The normalized spacial score (nSPS) is 21.7. The van der Waals surface area contributed by atoms with Gasteiger partial charge in [-0.2, -0.15) is 0 Å². The number of ketones is 1. The molecule has 32 heavy (non-hydrogen) atoms. The second-order valence-electron chi connectivity index (χ2n) is 8.34. The Morgan fingerprint density at radius 3 is 2.69 bits per heavy atom. The summed E-state index contributed by atoms with van der Waals surface area (Å²) in [7, 11) is 0. The van der Waals surface area contributed by atoms with E-state index in [4.69, 9.17) is 5.41 Å². The van der Waals surface area contributed by atoms with Crippen molar-refractivity contribution in [3.05, 3.63) is 59.8 Å². The smallest absolute Gasteiger partial charge is 0.250 e. The van der Waals surface area contributed by atoms with Crippen LogP contribution in [-0.2, 0) is 14.4 Å². The lowest BCUT2D eigenvalue weighted by Gasteiger charge is -2.24. The molecular formula is C24H28N5O3+. The van der Waals surface area contributed by atoms with Crippen LogP contribution >= 0.6 is 0 Å². The van der Waals surface area contributed by atoms with Gasteiger partial charge >= 0.3 is 0 Å². The zero-order valence-corrected chi connectivity index (χ0v) is 18.1. The van der Waals surface area contributed by atoms with Gasteiger partial charge in [-0.1, -0.05) is 30.3 Å². The molecular weight excluding hydrogens is 406 g/mol. The predicted molar refractivity (Wildman–Crippen MR) is 120 cm³/mol. The van der Waals surface area contributed by atoms with Crippen LogP contribution in [0.1, 0.15) is 43.2 Å². The van der Waals surface area contributed by atoms with E-state index in [1.807, 2.05) is 18.2 Å². The Morgan fingerprint density at radius 2 is 1.94 bits per heavy atom. The Kier molecular flexibility index (Phi) is 6.30. The molecule has 2 heterocycles. The lowest BCUT2D eigenvalue weighted by molar-refractivity contribution is -0.137. The lowest BCUT2D eigenvalue weighted by Crippen LogP contribution is -2.48. The van der Waals surface area contributed by atoms with Gasteiger partial charge in [0.15, 0.2) is 0 Å². The number of nitrogens with zero attached hydrogens (tertiary/aromatic N) is 2. The van der Waals surface area contributed by atoms with E-state index in [-0.39, 0.29) is 35.9 Å². The van der Waals surface area contributed by atoms with Crippen molar-refractivity contribution >= 4 is 29.1 Å². The molecule has 1 saturated carbocycles. The molecule has 1 unspecified atom stereocenters. The molecule has 1 aliphatic carbocycles. The minimum atomic E-state index is -0.460. The molecule has 0 bridgehead atoms. The fourth-order valence-corrected chi connectivity index (χ4v) is 4.25. The van der Waals surface area contributed by atoms with Crippen LogP contribution in [0.3, 0.4) is 0 Å².